The Morgan fingerprint density at radius 1 is 1.05 bits per heavy atom. The van der Waals surface area contributed by atoms with Gasteiger partial charge < -0.3 is 19.4 Å². The minimum Gasteiger partial charge on any atom is -0.436 e. The maximum Gasteiger partial charge on any atom is 0.227 e. The summed E-state index contributed by atoms with van der Waals surface area (Å²) >= 11 is 0. The molecule has 0 bridgehead atoms. The van der Waals surface area contributed by atoms with E-state index < -0.39 is 6.10 Å². The van der Waals surface area contributed by atoms with Crippen LogP contribution in [0.25, 0.3) is 45.1 Å². The quantitative estimate of drug-likeness (QED) is 0.331. The van der Waals surface area contributed by atoms with Crippen LogP contribution in [0.5, 0.6) is 0 Å². The highest BCUT2D eigenvalue weighted by Gasteiger charge is 2.25. The lowest BCUT2D eigenvalue weighted by atomic mass is 9.97. The lowest BCUT2D eigenvalue weighted by molar-refractivity contribution is 0.148. The van der Waals surface area contributed by atoms with Crippen molar-refractivity contribution >= 4 is 11.1 Å². The second-order valence-electron chi connectivity index (χ2n) is 9.45. The minimum atomic E-state index is -0.395. The van der Waals surface area contributed by atoms with Crippen molar-refractivity contribution in [3.8, 4) is 34.0 Å². The first-order valence-electron chi connectivity index (χ1n) is 12.2. The standard InChI is InChI=1S/C28H25F2N5O2/c1-35-15-32-34-27(35)21-12-19(29)8-9-20(21)16-4-2-5-17(10-16)28-33-24-11-18(22(30)13-26(24)37-28)14-31-23-6-3-7-25(23)36/h2,4-5,8-13,15,23,25,31,36H,3,6-7,14H2,1H3/t23-,25+/m1/s1. The molecular formula is C28H25F2N5O2. The van der Waals surface area contributed by atoms with Crippen molar-refractivity contribution in [2.45, 2.75) is 38.0 Å². The molecule has 1 fully saturated rings. The first kappa shape index (κ1) is 23.4. The Hall–Kier alpha value is -3.95. The van der Waals surface area contributed by atoms with Gasteiger partial charge in [-0.25, -0.2) is 13.8 Å². The van der Waals surface area contributed by atoms with E-state index in [0.29, 0.717) is 46.0 Å². The minimum absolute atomic E-state index is 0.0244. The zero-order chi connectivity index (χ0) is 25.5. The highest BCUT2D eigenvalue weighted by molar-refractivity contribution is 5.83. The molecule has 2 heterocycles. The number of halogens is 2. The molecule has 0 amide bonds. The number of hydrogen-bond acceptors (Lipinski definition) is 6. The number of aromatic nitrogens is 4. The number of benzene rings is 3. The molecule has 1 aliphatic rings. The number of nitrogens with zero attached hydrogens (tertiary/aromatic N) is 4. The Balaban J connectivity index is 1.33. The monoisotopic (exact) mass is 501 g/mol. The summed E-state index contributed by atoms with van der Waals surface area (Å²) in [4.78, 5) is 4.62. The third-order valence-corrected chi connectivity index (χ3v) is 6.95. The molecule has 2 aromatic heterocycles. The van der Waals surface area contributed by atoms with Crippen LogP contribution in [0.2, 0.25) is 0 Å². The van der Waals surface area contributed by atoms with Crippen LogP contribution in [0.15, 0.2) is 65.3 Å². The van der Waals surface area contributed by atoms with E-state index in [2.05, 4.69) is 20.5 Å². The number of hydrogen-bond donors (Lipinski definition) is 2. The van der Waals surface area contributed by atoms with E-state index in [0.717, 1.165) is 30.4 Å². The van der Waals surface area contributed by atoms with Gasteiger partial charge in [0.25, 0.3) is 0 Å². The third kappa shape index (κ3) is 4.52. The lowest BCUT2D eigenvalue weighted by Gasteiger charge is -2.16. The van der Waals surface area contributed by atoms with Crippen LogP contribution in [0, 0.1) is 11.6 Å². The Morgan fingerprint density at radius 2 is 1.92 bits per heavy atom. The molecule has 188 valence electrons. The van der Waals surface area contributed by atoms with Gasteiger partial charge >= 0.3 is 0 Å². The maximum atomic E-state index is 14.8. The van der Waals surface area contributed by atoms with Crippen LogP contribution in [0.3, 0.4) is 0 Å². The fraction of sp³-hybridized carbons (Fsp3) is 0.250. The van der Waals surface area contributed by atoms with E-state index in [1.165, 1.54) is 18.2 Å². The Kier molecular flexibility index (Phi) is 6.02. The van der Waals surface area contributed by atoms with Crippen LogP contribution in [-0.4, -0.2) is 37.0 Å². The molecule has 2 N–H and O–H groups in total. The van der Waals surface area contributed by atoms with Crippen molar-refractivity contribution in [1.29, 1.82) is 0 Å². The third-order valence-electron chi connectivity index (χ3n) is 6.95. The van der Waals surface area contributed by atoms with Gasteiger partial charge in [0.2, 0.25) is 5.89 Å². The van der Waals surface area contributed by atoms with Gasteiger partial charge in [-0.05, 0) is 60.7 Å². The summed E-state index contributed by atoms with van der Waals surface area (Å²) in [6.45, 7) is 0.302. The molecule has 3 aromatic carbocycles. The number of rotatable bonds is 6. The van der Waals surface area contributed by atoms with Gasteiger partial charge in [0, 0.05) is 42.4 Å². The molecule has 5 aromatic rings. The van der Waals surface area contributed by atoms with Gasteiger partial charge in [-0.3, -0.25) is 0 Å². The molecule has 37 heavy (non-hydrogen) atoms. The van der Waals surface area contributed by atoms with Gasteiger partial charge in [-0.2, -0.15) is 0 Å². The SMILES string of the molecule is Cn1cnnc1-c1cc(F)ccc1-c1cccc(-c2nc3cc(CN[C@@H]4CCC[C@@H]4O)c(F)cc3o2)c1. The van der Waals surface area contributed by atoms with E-state index in [1.54, 1.807) is 30.1 Å². The second kappa shape index (κ2) is 9.49. The summed E-state index contributed by atoms with van der Waals surface area (Å²) in [5, 5.41) is 21.4. The number of oxazole rings is 1. The number of aryl methyl sites for hydroxylation is 1. The zero-order valence-corrected chi connectivity index (χ0v) is 20.2. The predicted molar refractivity (Wildman–Crippen MR) is 135 cm³/mol. The summed E-state index contributed by atoms with van der Waals surface area (Å²) in [5.41, 5.74) is 4.29. The van der Waals surface area contributed by atoms with Crippen molar-refractivity contribution in [3.63, 3.8) is 0 Å². The summed E-state index contributed by atoms with van der Waals surface area (Å²) in [6.07, 6.45) is 3.78. The fourth-order valence-corrected chi connectivity index (χ4v) is 4.97. The molecule has 0 aliphatic heterocycles. The number of nitrogens with one attached hydrogen (secondary N) is 1. The highest BCUT2D eigenvalue weighted by Crippen LogP contribution is 2.34. The fourth-order valence-electron chi connectivity index (χ4n) is 4.97. The van der Waals surface area contributed by atoms with Gasteiger partial charge in [0.1, 0.15) is 23.5 Å². The zero-order valence-electron chi connectivity index (χ0n) is 20.2. The molecule has 6 rings (SSSR count). The molecule has 0 unspecified atom stereocenters. The van der Waals surface area contributed by atoms with Gasteiger partial charge in [0.05, 0.1) is 6.10 Å². The topological polar surface area (TPSA) is 89.0 Å². The predicted octanol–water partition coefficient (Wildman–Crippen LogP) is 5.24. The van der Waals surface area contributed by atoms with Crippen LogP contribution in [0.1, 0.15) is 24.8 Å². The average molecular weight is 502 g/mol. The van der Waals surface area contributed by atoms with E-state index in [9.17, 15) is 13.9 Å². The molecule has 2 atom stereocenters. The van der Waals surface area contributed by atoms with Crippen molar-refractivity contribution in [2.75, 3.05) is 0 Å². The highest BCUT2D eigenvalue weighted by atomic mass is 19.1. The molecule has 1 aliphatic carbocycles. The van der Waals surface area contributed by atoms with Crippen molar-refractivity contribution in [1.82, 2.24) is 25.1 Å². The Morgan fingerprint density at radius 3 is 2.70 bits per heavy atom. The van der Waals surface area contributed by atoms with Crippen LogP contribution in [0.4, 0.5) is 8.78 Å². The second-order valence-corrected chi connectivity index (χ2v) is 9.45. The van der Waals surface area contributed by atoms with Crippen molar-refractivity contribution < 1.29 is 18.3 Å². The largest absolute Gasteiger partial charge is 0.436 e. The summed E-state index contributed by atoms with van der Waals surface area (Å²) in [5.74, 6) is 0.147. The van der Waals surface area contributed by atoms with Crippen molar-refractivity contribution in [3.05, 3.63) is 78.1 Å². The molecule has 0 spiro atoms. The van der Waals surface area contributed by atoms with Gasteiger partial charge in [-0.1, -0.05) is 18.2 Å². The number of aliphatic hydroxyl groups is 1. The molecule has 0 radical (unpaired) electrons. The van der Waals surface area contributed by atoms with Crippen LogP contribution in [-0.2, 0) is 13.6 Å². The van der Waals surface area contributed by atoms with Crippen LogP contribution >= 0.6 is 0 Å². The van der Waals surface area contributed by atoms with Crippen LogP contribution < -0.4 is 5.32 Å². The Bertz CT molecular complexity index is 1600. The molecule has 1 saturated carbocycles. The summed E-state index contributed by atoms with van der Waals surface area (Å²) < 4.78 is 36.6. The molecule has 0 saturated heterocycles. The maximum absolute atomic E-state index is 14.8. The lowest BCUT2D eigenvalue weighted by Crippen LogP contribution is -2.35. The summed E-state index contributed by atoms with van der Waals surface area (Å²) in [6, 6.07) is 15.1. The first-order chi connectivity index (χ1) is 18.0. The van der Waals surface area contributed by atoms with Gasteiger partial charge in [0.15, 0.2) is 11.4 Å². The van der Waals surface area contributed by atoms with Gasteiger partial charge in [-0.15, -0.1) is 10.2 Å². The molecule has 9 heteroatoms. The van der Waals surface area contributed by atoms with E-state index in [4.69, 9.17) is 4.42 Å². The molecule has 7 nitrogen and oxygen atoms in total. The summed E-state index contributed by atoms with van der Waals surface area (Å²) in [7, 11) is 1.80. The Labute approximate surface area is 211 Å². The number of fused-ring (bicyclic) bond motifs is 1. The smallest absolute Gasteiger partial charge is 0.227 e. The first-order valence-corrected chi connectivity index (χ1v) is 12.2. The van der Waals surface area contributed by atoms with E-state index in [1.807, 2.05) is 24.3 Å². The van der Waals surface area contributed by atoms with E-state index in [-0.39, 0.29) is 17.7 Å². The average Bonchev–Trinajstić information content (AvgIpc) is 3.62. The van der Waals surface area contributed by atoms with E-state index >= 15 is 0 Å². The van der Waals surface area contributed by atoms with Crippen molar-refractivity contribution in [2.24, 2.45) is 7.05 Å². The molecular weight excluding hydrogens is 476 g/mol. The number of aliphatic hydroxyl groups excluding tert-OH is 1. The normalized spacial score (nSPS) is 17.6.